The first-order chi connectivity index (χ1) is 23.0. The summed E-state index contributed by atoms with van der Waals surface area (Å²) < 4.78 is 26.6. The molecule has 4 aromatic carbocycles. The number of carbonyl (C=O) groups is 1. The average Bonchev–Trinajstić information content (AvgIpc) is 3.04. The van der Waals surface area contributed by atoms with Gasteiger partial charge in [0.2, 0.25) is 5.75 Å². The molecule has 0 spiro atoms. The van der Waals surface area contributed by atoms with Gasteiger partial charge in [0, 0.05) is 17.2 Å². The lowest BCUT2D eigenvalue weighted by Crippen LogP contribution is -2.21. The van der Waals surface area contributed by atoms with Gasteiger partial charge in [-0.1, -0.05) is 38.1 Å². The van der Waals surface area contributed by atoms with Gasteiger partial charge in [0.05, 0.1) is 38.8 Å². The number of nitro groups is 1. The number of ether oxygens (including phenoxy) is 2. The first-order valence-corrected chi connectivity index (χ1v) is 15.8. The van der Waals surface area contributed by atoms with Gasteiger partial charge in [-0.2, -0.15) is 9.78 Å². The fourth-order valence-corrected chi connectivity index (χ4v) is 5.62. The van der Waals surface area contributed by atoms with E-state index in [1.54, 1.807) is 30.3 Å². The summed E-state index contributed by atoms with van der Waals surface area (Å²) >= 11 is 3.29. The molecule has 1 heterocycles. The molecule has 48 heavy (non-hydrogen) atoms. The standard InChI is InChI=1S/C35H31BrFN5O6/c1-5-47-31-14-21(4)25(17-24(31)20(2)3)34-40-28-12-8-6-10-23(28)35(44)41(34)38-18-22-15-26(36)33(30(16-22)42(45)46)48-19-32(43)39-29-13-9-7-11-27(29)37/h6-18,20H,5,19H2,1-4H3,(H,39,43). The van der Waals surface area contributed by atoms with E-state index in [2.05, 4.69) is 26.3 Å². The van der Waals surface area contributed by atoms with Gasteiger partial charge in [0.1, 0.15) is 11.6 Å². The second kappa shape index (κ2) is 14.6. The zero-order valence-electron chi connectivity index (χ0n) is 26.5. The molecule has 0 fully saturated rings. The van der Waals surface area contributed by atoms with E-state index in [4.69, 9.17) is 14.5 Å². The van der Waals surface area contributed by atoms with Crippen LogP contribution in [0.4, 0.5) is 15.8 Å². The minimum Gasteiger partial charge on any atom is -0.494 e. The predicted molar refractivity (Wildman–Crippen MR) is 186 cm³/mol. The number of hydrogen-bond acceptors (Lipinski definition) is 8. The van der Waals surface area contributed by atoms with Gasteiger partial charge in [-0.15, -0.1) is 0 Å². The fraction of sp³-hybridized carbons (Fsp3) is 0.200. The number of nitrogens with zero attached hydrogens (tertiary/aromatic N) is 4. The van der Waals surface area contributed by atoms with E-state index >= 15 is 0 Å². The molecule has 0 radical (unpaired) electrons. The van der Waals surface area contributed by atoms with Gasteiger partial charge in [-0.3, -0.25) is 19.7 Å². The van der Waals surface area contributed by atoms with Crippen molar-refractivity contribution < 1.29 is 23.6 Å². The summed E-state index contributed by atoms with van der Waals surface area (Å²) in [5.41, 5.74) is 2.23. The summed E-state index contributed by atoms with van der Waals surface area (Å²) in [4.78, 5) is 42.4. The van der Waals surface area contributed by atoms with Crippen LogP contribution in [0.2, 0.25) is 0 Å². The number of rotatable bonds is 11. The summed E-state index contributed by atoms with van der Waals surface area (Å²) in [6, 6.07) is 19.1. The van der Waals surface area contributed by atoms with Crippen LogP contribution in [-0.4, -0.2) is 39.9 Å². The predicted octanol–water partition coefficient (Wildman–Crippen LogP) is 7.60. The molecule has 0 atom stereocenters. The van der Waals surface area contributed by atoms with E-state index < -0.39 is 34.5 Å². The minimum atomic E-state index is -0.715. The van der Waals surface area contributed by atoms with Crippen molar-refractivity contribution in [3.63, 3.8) is 0 Å². The summed E-state index contributed by atoms with van der Waals surface area (Å²) in [5.74, 6) is -0.421. The fourth-order valence-electron chi connectivity index (χ4n) is 5.04. The molecule has 0 bridgehead atoms. The Kier molecular flexibility index (Phi) is 10.3. The molecule has 5 aromatic rings. The lowest BCUT2D eigenvalue weighted by Gasteiger charge is -2.18. The first-order valence-electron chi connectivity index (χ1n) is 15.0. The van der Waals surface area contributed by atoms with Gasteiger partial charge in [0.25, 0.3) is 11.5 Å². The van der Waals surface area contributed by atoms with Crippen LogP contribution < -0.4 is 20.3 Å². The first kappa shape index (κ1) is 33.9. The lowest BCUT2D eigenvalue weighted by molar-refractivity contribution is -0.385. The monoisotopic (exact) mass is 715 g/mol. The molecule has 1 aromatic heterocycles. The van der Waals surface area contributed by atoms with Crippen molar-refractivity contribution in [1.29, 1.82) is 0 Å². The van der Waals surface area contributed by atoms with E-state index in [9.17, 15) is 24.1 Å². The smallest absolute Gasteiger partial charge is 0.312 e. The Morgan fingerprint density at radius 3 is 2.56 bits per heavy atom. The quantitative estimate of drug-likeness (QED) is 0.0844. The lowest BCUT2D eigenvalue weighted by atomic mass is 9.96. The number of anilines is 1. The highest BCUT2D eigenvalue weighted by Crippen LogP contribution is 2.37. The topological polar surface area (TPSA) is 138 Å². The Labute approximate surface area is 283 Å². The van der Waals surface area contributed by atoms with Crippen LogP contribution in [0.3, 0.4) is 0 Å². The van der Waals surface area contributed by atoms with Crippen molar-refractivity contribution in [3.05, 3.63) is 120 Å². The maximum absolute atomic E-state index is 13.9. The highest BCUT2D eigenvalue weighted by Gasteiger charge is 2.22. The Bertz CT molecular complexity index is 2130. The van der Waals surface area contributed by atoms with Crippen molar-refractivity contribution in [2.75, 3.05) is 18.5 Å². The van der Waals surface area contributed by atoms with Crippen LogP contribution in [0, 0.1) is 22.9 Å². The minimum absolute atomic E-state index is 0.0510. The third-order valence-corrected chi connectivity index (χ3v) is 7.92. The molecular formula is C35H31BrFN5O6. The Morgan fingerprint density at radius 2 is 1.85 bits per heavy atom. The number of fused-ring (bicyclic) bond motifs is 1. The molecule has 13 heteroatoms. The number of nitrogens with one attached hydrogen (secondary N) is 1. The van der Waals surface area contributed by atoms with Crippen molar-refractivity contribution in [3.8, 4) is 22.9 Å². The third kappa shape index (κ3) is 7.26. The highest BCUT2D eigenvalue weighted by molar-refractivity contribution is 9.10. The van der Waals surface area contributed by atoms with Crippen molar-refractivity contribution >= 4 is 50.3 Å². The maximum atomic E-state index is 13.9. The molecule has 0 aliphatic rings. The summed E-state index contributed by atoms with van der Waals surface area (Å²) in [7, 11) is 0. The zero-order chi connectivity index (χ0) is 34.5. The number of aryl methyl sites for hydroxylation is 1. The van der Waals surface area contributed by atoms with Gasteiger partial charge >= 0.3 is 5.69 Å². The molecule has 0 unspecified atom stereocenters. The number of hydrogen-bond donors (Lipinski definition) is 1. The van der Waals surface area contributed by atoms with E-state index in [-0.39, 0.29) is 33.2 Å². The Morgan fingerprint density at radius 1 is 1.12 bits per heavy atom. The van der Waals surface area contributed by atoms with Gasteiger partial charge in [-0.05, 0) is 89.3 Å². The maximum Gasteiger partial charge on any atom is 0.312 e. The van der Waals surface area contributed by atoms with Crippen LogP contribution >= 0.6 is 15.9 Å². The van der Waals surface area contributed by atoms with Gasteiger partial charge in [-0.25, -0.2) is 9.37 Å². The van der Waals surface area contributed by atoms with Crippen molar-refractivity contribution in [1.82, 2.24) is 9.66 Å². The third-order valence-electron chi connectivity index (χ3n) is 7.33. The largest absolute Gasteiger partial charge is 0.494 e. The van der Waals surface area contributed by atoms with E-state index in [0.29, 0.717) is 23.1 Å². The highest BCUT2D eigenvalue weighted by atomic mass is 79.9. The van der Waals surface area contributed by atoms with Crippen LogP contribution in [0.15, 0.2) is 87.2 Å². The number of amides is 1. The van der Waals surface area contributed by atoms with E-state index in [1.165, 1.54) is 41.2 Å². The summed E-state index contributed by atoms with van der Waals surface area (Å²) in [6.07, 6.45) is 1.31. The Hall–Kier alpha value is -5.43. The van der Waals surface area contributed by atoms with Crippen LogP contribution in [0.5, 0.6) is 11.5 Å². The molecule has 0 aliphatic carbocycles. The molecule has 246 valence electrons. The number of halogens is 2. The molecule has 0 saturated heterocycles. The van der Waals surface area contributed by atoms with Crippen molar-refractivity contribution in [2.45, 2.75) is 33.6 Å². The second-order valence-electron chi connectivity index (χ2n) is 11.0. The number of para-hydroxylation sites is 2. The van der Waals surface area contributed by atoms with Crippen molar-refractivity contribution in [2.24, 2.45) is 5.10 Å². The summed E-state index contributed by atoms with van der Waals surface area (Å²) in [5, 5.41) is 19.2. The van der Waals surface area contributed by atoms with E-state index in [0.717, 1.165) is 16.9 Å². The number of carbonyl (C=O) groups excluding carboxylic acids is 1. The second-order valence-corrected chi connectivity index (χ2v) is 11.9. The molecule has 0 aliphatic heterocycles. The molecular weight excluding hydrogens is 685 g/mol. The SMILES string of the molecule is CCOc1cc(C)c(-c2nc3ccccc3c(=O)n2N=Cc2cc(Br)c(OCC(=O)Nc3ccccc3F)c([N+](=O)[O-])c2)cc1C(C)C. The zero-order valence-corrected chi connectivity index (χ0v) is 28.1. The molecule has 5 rings (SSSR count). The van der Waals surface area contributed by atoms with Crippen LogP contribution in [0.1, 0.15) is 43.4 Å². The molecule has 1 N–H and O–H groups in total. The number of nitro benzene ring substituents is 1. The van der Waals surface area contributed by atoms with E-state index in [1.807, 2.05) is 39.8 Å². The normalized spacial score (nSPS) is 11.3. The van der Waals surface area contributed by atoms with Gasteiger partial charge < -0.3 is 14.8 Å². The average molecular weight is 717 g/mol. The summed E-state index contributed by atoms with van der Waals surface area (Å²) in [6.45, 7) is 7.77. The van der Waals surface area contributed by atoms with Crippen LogP contribution in [0.25, 0.3) is 22.3 Å². The Balaban J connectivity index is 1.54. The number of benzene rings is 4. The molecule has 1 amide bonds. The van der Waals surface area contributed by atoms with Crippen LogP contribution in [-0.2, 0) is 4.79 Å². The van der Waals surface area contributed by atoms with Gasteiger partial charge in [0.15, 0.2) is 12.4 Å². The number of aromatic nitrogens is 2. The molecule has 0 saturated carbocycles. The molecule has 11 nitrogen and oxygen atoms in total.